The lowest BCUT2D eigenvalue weighted by Gasteiger charge is -2.46. The van der Waals surface area contributed by atoms with Crippen molar-refractivity contribution in [2.24, 2.45) is 0 Å². The third-order valence-electron chi connectivity index (χ3n) is 12.4. The minimum absolute atomic E-state index is 0.0976. The normalized spacial score (nSPS) is 16.1. The van der Waals surface area contributed by atoms with Gasteiger partial charge in [0.25, 0.3) is 0 Å². The molecule has 1 aliphatic carbocycles. The highest BCUT2D eigenvalue weighted by Crippen LogP contribution is 2.55. The van der Waals surface area contributed by atoms with Crippen molar-refractivity contribution >= 4 is 40.1 Å². The minimum atomic E-state index is -3.04. The molecule has 1 heterocycles. The first-order chi connectivity index (χ1) is 25.9. The molecule has 1 aliphatic heterocycles. The van der Waals surface area contributed by atoms with E-state index in [4.69, 9.17) is 0 Å². The monoisotopic (exact) mass is 719 g/mol. The predicted octanol–water partition coefficient (Wildman–Crippen LogP) is 12.1. The van der Waals surface area contributed by atoms with Crippen molar-refractivity contribution in [2.45, 2.75) is 57.8 Å². The van der Waals surface area contributed by atoms with Crippen LogP contribution in [-0.4, -0.2) is 0 Å². The number of benzene rings is 7. The molecule has 0 amide bonds. The highest BCUT2D eigenvalue weighted by molar-refractivity contribution is 7.85. The van der Waals surface area contributed by atoms with Crippen molar-refractivity contribution < 1.29 is 4.57 Å². The number of hydrogen-bond donors (Lipinski definition) is 0. The molecular weight excluding hydrogens is 674 g/mol. The Bertz CT molecular complexity index is 2510. The fourth-order valence-electron chi connectivity index (χ4n) is 9.34. The Kier molecular flexibility index (Phi) is 7.83. The molecule has 7 aromatic carbocycles. The van der Waals surface area contributed by atoms with Crippen LogP contribution in [0.5, 0.6) is 0 Å². The Morgan fingerprint density at radius 3 is 1.31 bits per heavy atom. The molecule has 0 saturated heterocycles. The molecular formula is C51H46NOP. The van der Waals surface area contributed by atoms with Gasteiger partial charge < -0.3 is 9.46 Å². The molecule has 0 bridgehead atoms. The van der Waals surface area contributed by atoms with Gasteiger partial charge in [-0.2, -0.15) is 0 Å². The zero-order chi connectivity index (χ0) is 37.5. The Labute approximate surface area is 320 Å². The second-order valence-electron chi connectivity index (χ2n) is 16.6. The summed E-state index contributed by atoms with van der Waals surface area (Å²) < 4.78 is 15.0. The summed E-state index contributed by atoms with van der Waals surface area (Å²) in [6.07, 6.45) is 0. The first-order valence-corrected chi connectivity index (χ1v) is 20.8. The first kappa shape index (κ1) is 34.3. The van der Waals surface area contributed by atoms with E-state index in [1.807, 2.05) is 60.7 Å². The quantitative estimate of drug-likeness (QED) is 0.165. The van der Waals surface area contributed by atoms with Gasteiger partial charge in [-0.15, -0.1) is 0 Å². The predicted molar refractivity (Wildman–Crippen MR) is 229 cm³/mol. The van der Waals surface area contributed by atoms with E-state index in [-0.39, 0.29) is 16.2 Å². The van der Waals surface area contributed by atoms with E-state index in [1.54, 1.807) is 0 Å². The molecule has 0 unspecified atom stereocenters. The van der Waals surface area contributed by atoms with Crippen molar-refractivity contribution in [3.63, 3.8) is 0 Å². The molecule has 54 heavy (non-hydrogen) atoms. The lowest BCUT2D eigenvalue weighted by molar-refractivity contribution is 0.521. The molecule has 0 N–H and O–H groups in total. The molecule has 266 valence electrons. The van der Waals surface area contributed by atoms with E-state index in [0.717, 1.165) is 21.5 Å². The summed E-state index contributed by atoms with van der Waals surface area (Å²) in [5, 5.41) is 2.54. The van der Waals surface area contributed by atoms with E-state index in [0.29, 0.717) is 0 Å². The zero-order valence-electron chi connectivity index (χ0n) is 32.0. The number of fused-ring (bicyclic) bond motifs is 4. The van der Waals surface area contributed by atoms with Crippen LogP contribution in [0.25, 0.3) is 11.1 Å². The van der Waals surface area contributed by atoms with Crippen LogP contribution >= 0.6 is 7.14 Å². The lowest BCUT2D eigenvalue weighted by Crippen LogP contribution is -2.37. The number of anilines is 3. The Hall–Kier alpha value is -5.43. The standard InChI is InChI=1S/C51H46NOP/c1-49(2)42-32-28-37(52-47-23-15-13-21-43(47)51(5,6)44-22-14-16-24-48(44)52)34-46(42)50(3,4)41-31-27-36(33-45(41)49)35-25-29-40(30-26-35)54(53,38-17-9-7-10-18-38)39-19-11-8-12-20-39/h7-34H,1-6H3. The van der Waals surface area contributed by atoms with Crippen molar-refractivity contribution in [2.75, 3.05) is 4.90 Å². The third-order valence-corrected chi connectivity index (χ3v) is 15.5. The Morgan fingerprint density at radius 2 is 0.778 bits per heavy atom. The average molecular weight is 720 g/mol. The number of hydrogen-bond acceptors (Lipinski definition) is 2. The van der Waals surface area contributed by atoms with E-state index in [9.17, 15) is 0 Å². The molecule has 7 aromatic rings. The topological polar surface area (TPSA) is 20.3 Å². The molecule has 0 radical (unpaired) electrons. The van der Waals surface area contributed by atoms with Gasteiger partial charge in [-0.25, -0.2) is 0 Å². The second-order valence-corrected chi connectivity index (χ2v) is 19.3. The highest BCUT2D eigenvalue weighted by Gasteiger charge is 2.43. The summed E-state index contributed by atoms with van der Waals surface area (Å²) in [5.41, 5.74) is 13.6. The maximum absolute atomic E-state index is 15.0. The maximum Gasteiger partial charge on any atom is 0.171 e. The van der Waals surface area contributed by atoms with Gasteiger partial charge in [0, 0.05) is 37.8 Å². The molecule has 0 atom stereocenters. The fraction of sp³-hybridized carbons (Fsp3) is 0.176. The summed E-state index contributed by atoms with van der Waals surface area (Å²) in [6, 6.07) is 60.2. The van der Waals surface area contributed by atoms with E-state index in [2.05, 4.69) is 156 Å². The third kappa shape index (κ3) is 5.04. The second kappa shape index (κ2) is 12.3. The average Bonchev–Trinajstić information content (AvgIpc) is 3.21. The SMILES string of the molecule is CC1(C)c2ccccc2N(c2ccc3c(c2)C(C)(C)c2ccc(-c4ccc(P(=O)(c5ccccc5)c5ccccc5)cc4)cc2C3(C)C)c2ccccc21. The zero-order valence-corrected chi connectivity index (χ0v) is 32.9. The van der Waals surface area contributed by atoms with Crippen LogP contribution in [0.2, 0.25) is 0 Å². The van der Waals surface area contributed by atoms with Crippen molar-refractivity contribution in [3.05, 3.63) is 203 Å². The van der Waals surface area contributed by atoms with Crippen LogP contribution in [0, 0.1) is 0 Å². The molecule has 0 aromatic heterocycles. The van der Waals surface area contributed by atoms with Gasteiger partial charge in [0.15, 0.2) is 7.14 Å². The van der Waals surface area contributed by atoms with Crippen LogP contribution < -0.4 is 20.8 Å². The van der Waals surface area contributed by atoms with Crippen molar-refractivity contribution in [1.82, 2.24) is 0 Å². The summed E-state index contributed by atoms with van der Waals surface area (Å²) in [7, 11) is -3.04. The van der Waals surface area contributed by atoms with Crippen molar-refractivity contribution in [3.8, 4) is 11.1 Å². The molecule has 2 aliphatic rings. The van der Waals surface area contributed by atoms with E-state index in [1.165, 1.54) is 56.0 Å². The van der Waals surface area contributed by atoms with Gasteiger partial charge in [-0.3, -0.25) is 0 Å². The van der Waals surface area contributed by atoms with Gasteiger partial charge in [-0.05, 0) is 74.8 Å². The van der Waals surface area contributed by atoms with Crippen LogP contribution in [0.1, 0.15) is 74.9 Å². The van der Waals surface area contributed by atoms with Crippen LogP contribution in [0.4, 0.5) is 17.1 Å². The van der Waals surface area contributed by atoms with Crippen LogP contribution in [0.15, 0.2) is 170 Å². The van der Waals surface area contributed by atoms with Gasteiger partial charge >= 0.3 is 0 Å². The molecule has 9 rings (SSSR count). The highest BCUT2D eigenvalue weighted by atomic mass is 31.2. The Morgan fingerprint density at radius 1 is 0.370 bits per heavy atom. The van der Waals surface area contributed by atoms with Gasteiger partial charge in [0.2, 0.25) is 0 Å². The molecule has 0 fully saturated rings. The largest absolute Gasteiger partial charge is 0.310 e. The fourth-order valence-corrected chi connectivity index (χ4v) is 12.0. The Balaban J connectivity index is 1.11. The smallest absolute Gasteiger partial charge is 0.171 e. The number of rotatable bonds is 5. The number of nitrogens with zero attached hydrogens (tertiary/aromatic N) is 1. The minimum Gasteiger partial charge on any atom is -0.310 e. The van der Waals surface area contributed by atoms with Gasteiger partial charge in [0.1, 0.15) is 0 Å². The molecule has 3 heteroatoms. The van der Waals surface area contributed by atoms with Crippen LogP contribution in [-0.2, 0) is 20.8 Å². The summed E-state index contributed by atoms with van der Waals surface area (Å²) in [4.78, 5) is 2.47. The summed E-state index contributed by atoms with van der Waals surface area (Å²) in [5.74, 6) is 0. The summed E-state index contributed by atoms with van der Waals surface area (Å²) in [6.45, 7) is 14.2. The first-order valence-electron chi connectivity index (χ1n) is 19.0. The summed E-state index contributed by atoms with van der Waals surface area (Å²) >= 11 is 0. The lowest BCUT2D eigenvalue weighted by atomic mass is 9.59. The molecule has 2 nitrogen and oxygen atoms in total. The van der Waals surface area contributed by atoms with Crippen LogP contribution in [0.3, 0.4) is 0 Å². The molecule has 0 saturated carbocycles. The van der Waals surface area contributed by atoms with Crippen molar-refractivity contribution in [1.29, 1.82) is 0 Å². The van der Waals surface area contributed by atoms with Gasteiger partial charge in [-0.1, -0.05) is 181 Å². The maximum atomic E-state index is 15.0. The van der Waals surface area contributed by atoms with E-state index >= 15 is 4.57 Å². The van der Waals surface area contributed by atoms with Gasteiger partial charge in [0.05, 0.1) is 11.4 Å². The number of para-hydroxylation sites is 2. The van der Waals surface area contributed by atoms with E-state index < -0.39 is 7.14 Å². The molecule has 0 spiro atoms.